The van der Waals surface area contributed by atoms with Gasteiger partial charge in [0.1, 0.15) is 10.6 Å². The molecule has 8 heteroatoms. The van der Waals surface area contributed by atoms with Crippen molar-refractivity contribution in [1.29, 1.82) is 0 Å². The molecule has 100 valence electrons. The number of halogens is 3. The van der Waals surface area contributed by atoms with Crippen LogP contribution in [-0.4, -0.2) is 16.0 Å². The highest BCUT2D eigenvalue weighted by Gasteiger charge is 2.38. The first-order chi connectivity index (χ1) is 8.89. The Balaban J connectivity index is 2.27. The molecule has 1 aromatic carbocycles. The van der Waals surface area contributed by atoms with E-state index in [1.54, 1.807) is 0 Å². The van der Waals surface area contributed by atoms with Crippen molar-refractivity contribution in [2.75, 3.05) is 5.32 Å². The Labute approximate surface area is 109 Å². The van der Waals surface area contributed by atoms with E-state index in [0.29, 0.717) is 11.3 Å². The van der Waals surface area contributed by atoms with Crippen molar-refractivity contribution in [3.8, 4) is 5.75 Å². The quantitative estimate of drug-likeness (QED) is 0.835. The number of hydrogen-bond acceptors (Lipinski definition) is 4. The Morgan fingerprint density at radius 1 is 1.32 bits per heavy atom. The van der Waals surface area contributed by atoms with Gasteiger partial charge in [-0.15, -0.1) is 11.3 Å². The van der Waals surface area contributed by atoms with Crippen LogP contribution < -0.4 is 5.32 Å². The maximum Gasteiger partial charge on any atom is 0.434 e. The van der Waals surface area contributed by atoms with Gasteiger partial charge in [-0.25, -0.2) is 4.98 Å². The summed E-state index contributed by atoms with van der Waals surface area (Å²) < 4.78 is 37.7. The highest BCUT2D eigenvalue weighted by Crippen LogP contribution is 2.33. The molecule has 0 spiro atoms. The first-order valence-corrected chi connectivity index (χ1v) is 5.87. The van der Waals surface area contributed by atoms with Crippen molar-refractivity contribution >= 4 is 22.9 Å². The molecule has 19 heavy (non-hydrogen) atoms. The number of phenols is 1. The van der Waals surface area contributed by atoms with E-state index in [2.05, 4.69) is 10.3 Å². The summed E-state index contributed by atoms with van der Waals surface area (Å²) in [5.41, 5.74) is -0.248. The summed E-state index contributed by atoms with van der Waals surface area (Å²) in [6.07, 6.45) is -4.69. The summed E-state index contributed by atoms with van der Waals surface area (Å²) in [5.74, 6) is -1.19. The second kappa shape index (κ2) is 4.88. The predicted molar refractivity (Wildman–Crippen MR) is 63.2 cm³/mol. The van der Waals surface area contributed by atoms with Gasteiger partial charge < -0.3 is 10.4 Å². The minimum Gasteiger partial charge on any atom is -0.506 e. The van der Waals surface area contributed by atoms with Crippen LogP contribution in [0, 0.1) is 0 Å². The molecule has 0 saturated carbocycles. The number of alkyl halides is 3. The molecule has 1 amide bonds. The molecule has 0 radical (unpaired) electrons. The molecular formula is C11H7F3N2O2S. The molecule has 2 rings (SSSR count). The number of aromatic hydroxyl groups is 1. The highest BCUT2D eigenvalue weighted by molar-refractivity contribution is 7.12. The molecule has 2 N–H and O–H groups in total. The van der Waals surface area contributed by atoms with Gasteiger partial charge in [0.25, 0.3) is 5.91 Å². The van der Waals surface area contributed by atoms with Crippen LogP contribution in [0.15, 0.2) is 29.8 Å². The zero-order chi connectivity index (χ0) is 14.0. The lowest BCUT2D eigenvalue weighted by Gasteiger charge is -2.08. The van der Waals surface area contributed by atoms with Crippen LogP contribution in [0.1, 0.15) is 15.4 Å². The van der Waals surface area contributed by atoms with Gasteiger partial charge in [0.2, 0.25) is 0 Å². The Morgan fingerprint density at radius 2 is 2.00 bits per heavy atom. The molecule has 4 nitrogen and oxygen atoms in total. The van der Waals surface area contributed by atoms with E-state index in [0.717, 1.165) is 5.51 Å². The summed E-state index contributed by atoms with van der Waals surface area (Å²) in [4.78, 5) is 14.3. The molecular weight excluding hydrogens is 281 g/mol. The molecule has 0 aliphatic carbocycles. The summed E-state index contributed by atoms with van der Waals surface area (Å²) >= 11 is 0.585. The molecule has 0 saturated heterocycles. The number of hydrogen-bond donors (Lipinski definition) is 2. The number of aromatic nitrogens is 1. The molecule has 0 atom stereocenters. The van der Waals surface area contributed by atoms with Crippen LogP contribution in [0.4, 0.5) is 18.9 Å². The third-order valence-electron chi connectivity index (χ3n) is 2.19. The number of phenolic OH excluding ortho intramolecular Hbond substituents is 1. The van der Waals surface area contributed by atoms with Crippen LogP contribution >= 0.6 is 11.3 Å². The number of nitrogens with zero attached hydrogens (tertiary/aromatic N) is 1. The first-order valence-electron chi connectivity index (χ1n) is 4.99. The lowest BCUT2D eigenvalue weighted by molar-refractivity contribution is -0.141. The number of benzene rings is 1. The van der Waals surface area contributed by atoms with E-state index in [9.17, 15) is 23.1 Å². The van der Waals surface area contributed by atoms with Crippen molar-refractivity contribution in [2.45, 2.75) is 6.18 Å². The van der Waals surface area contributed by atoms with E-state index < -0.39 is 22.7 Å². The van der Waals surface area contributed by atoms with Crippen LogP contribution in [0.3, 0.4) is 0 Å². The molecule has 0 aliphatic rings. The monoisotopic (exact) mass is 288 g/mol. The lowest BCUT2D eigenvalue weighted by atomic mass is 10.2. The fraction of sp³-hybridized carbons (Fsp3) is 0.0909. The van der Waals surface area contributed by atoms with E-state index >= 15 is 0 Å². The van der Waals surface area contributed by atoms with Gasteiger partial charge in [0.05, 0.1) is 11.2 Å². The van der Waals surface area contributed by atoms with E-state index in [4.69, 9.17) is 0 Å². The summed E-state index contributed by atoms with van der Waals surface area (Å²) in [6, 6.07) is 5.75. The van der Waals surface area contributed by atoms with Gasteiger partial charge in [0, 0.05) is 0 Å². The van der Waals surface area contributed by atoms with Crippen molar-refractivity contribution in [3.63, 3.8) is 0 Å². The smallest absolute Gasteiger partial charge is 0.434 e. The Kier molecular flexibility index (Phi) is 3.43. The van der Waals surface area contributed by atoms with Crippen molar-refractivity contribution < 1.29 is 23.1 Å². The van der Waals surface area contributed by atoms with Crippen molar-refractivity contribution in [2.24, 2.45) is 0 Å². The van der Waals surface area contributed by atoms with Gasteiger partial charge >= 0.3 is 6.18 Å². The second-order valence-electron chi connectivity index (χ2n) is 3.50. The van der Waals surface area contributed by atoms with Crippen molar-refractivity contribution in [3.05, 3.63) is 40.3 Å². The van der Waals surface area contributed by atoms with Gasteiger partial charge in [-0.05, 0) is 12.1 Å². The zero-order valence-electron chi connectivity index (χ0n) is 9.23. The fourth-order valence-corrected chi connectivity index (χ4v) is 2.07. The molecule has 0 aliphatic heterocycles. The Morgan fingerprint density at radius 3 is 2.63 bits per heavy atom. The molecule has 0 unspecified atom stereocenters. The normalized spacial score (nSPS) is 11.3. The number of para-hydroxylation sites is 2. The molecule has 2 aromatic rings. The summed E-state index contributed by atoms with van der Waals surface area (Å²) in [5, 5.41) is 11.6. The third-order valence-corrected chi connectivity index (χ3v) is 3.02. The maximum atomic E-state index is 12.6. The molecule has 0 bridgehead atoms. The number of carbonyl (C=O) groups excluding carboxylic acids is 1. The number of rotatable bonds is 2. The Hall–Kier alpha value is -2.09. The topological polar surface area (TPSA) is 62.2 Å². The average molecular weight is 288 g/mol. The standard InChI is InChI=1S/C11H7F3N2O2S/c12-11(13,14)9-8(19-5-15-9)10(18)16-6-3-1-2-4-7(6)17/h1-5,17H,(H,16,18). The molecule has 1 aromatic heterocycles. The maximum absolute atomic E-state index is 12.6. The number of thiazole rings is 1. The minimum absolute atomic E-state index is 0.0361. The first kappa shape index (κ1) is 13.3. The average Bonchev–Trinajstić information content (AvgIpc) is 2.81. The number of carbonyl (C=O) groups is 1. The number of anilines is 1. The largest absolute Gasteiger partial charge is 0.506 e. The third kappa shape index (κ3) is 2.84. The summed E-state index contributed by atoms with van der Waals surface area (Å²) in [7, 11) is 0. The van der Waals surface area contributed by atoms with Gasteiger partial charge in [-0.1, -0.05) is 12.1 Å². The van der Waals surface area contributed by atoms with E-state index in [1.807, 2.05) is 0 Å². The van der Waals surface area contributed by atoms with Crippen LogP contribution in [0.5, 0.6) is 5.75 Å². The predicted octanol–water partition coefficient (Wildman–Crippen LogP) is 3.12. The van der Waals surface area contributed by atoms with Crippen LogP contribution in [0.25, 0.3) is 0 Å². The fourth-order valence-electron chi connectivity index (χ4n) is 1.37. The lowest BCUT2D eigenvalue weighted by Crippen LogP contribution is -2.17. The van der Waals surface area contributed by atoms with E-state index in [-0.39, 0.29) is 11.4 Å². The molecule has 1 heterocycles. The minimum atomic E-state index is -4.69. The van der Waals surface area contributed by atoms with Gasteiger partial charge in [-0.3, -0.25) is 4.79 Å². The highest BCUT2D eigenvalue weighted by atomic mass is 32.1. The SMILES string of the molecule is O=C(Nc1ccccc1O)c1scnc1C(F)(F)F. The van der Waals surface area contributed by atoms with Crippen LogP contribution in [-0.2, 0) is 6.18 Å². The summed E-state index contributed by atoms with van der Waals surface area (Å²) in [6.45, 7) is 0. The Bertz CT molecular complexity index is 610. The number of amides is 1. The van der Waals surface area contributed by atoms with Crippen LogP contribution in [0.2, 0.25) is 0 Å². The van der Waals surface area contributed by atoms with Gasteiger partial charge in [0.15, 0.2) is 5.69 Å². The second-order valence-corrected chi connectivity index (χ2v) is 4.35. The van der Waals surface area contributed by atoms with E-state index in [1.165, 1.54) is 24.3 Å². The van der Waals surface area contributed by atoms with Gasteiger partial charge in [-0.2, -0.15) is 13.2 Å². The zero-order valence-corrected chi connectivity index (χ0v) is 10.0. The molecule has 0 fully saturated rings. The number of nitrogens with one attached hydrogen (secondary N) is 1. The van der Waals surface area contributed by atoms with Crippen molar-refractivity contribution in [1.82, 2.24) is 4.98 Å².